The van der Waals surface area contributed by atoms with Crippen molar-refractivity contribution in [3.8, 4) is 11.5 Å². The average molecular weight is 249 g/mol. The van der Waals surface area contributed by atoms with Crippen LogP contribution in [0, 0.1) is 5.41 Å². The Hall–Kier alpha value is -1.22. The van der Waals surface area contributed by atoms with Crippen LogP contribution in [0.25, 0.3) is 0 Å². The molecule has 1 aliphatic rings. The van der Waals surface area contributed by atoms with Gasteiger partial charge in [0.25, 0.3) is 0 Å². The van der Waals surface area contributed by atoms with E-state index in [1.165, 1.54) is 0 Å². The summed E-state index contributed by atoms with van der Waals surface area (Å²) in [5, 5.41) is 3.51. The lowest BCUT2D eigenvalue weighted by molar-refractivity contribution is -0.0542. The van der Waals surface area contributed by atoms with Gasteiger partial charge in [0, 0.05) is 23.9 Å². The minimum absolute atomic E-state index is 0.180. The Bertz CT molecular complexity index is 403. The van der Waals surface area contributed by atoms with Gasteiger partial charge in [-0.15, -0.1) is 0 Å². The fourth-order valence-corrected chi connectivity index (χ4v) is 2.52. The monoisotopic (exact) mass is 249 g/mol. The number of methoxy groups -OCH3 is 1. The molecule has 1 aliphatic carbocycles. The van der Waals surface area contributed by atoms with Crippen molar-refractivity contribution in [1.29, 1.82) is 0 Å². The molecule has 3 heteroatoms. The molecular formula is C15H23NO2. The molecule has 0 heterocycles. The molecule has 0 radical (unpaired) electrons. The molecule has 18 heavy (non-hydrogen) atoms. The Morgan fingerprint density at radius 1 is 1.33 bits per heavy atom. The Balaban J connectivity index is 1.98. The van der Waals surface area contributed by atoms with Crippen molar-refractivity contribution in [3.05, 3.63) is 24.3 Å². The van der Waals surface area contributed by atoms with Crippen LogP contribution < -0.4 is 14.8 Å². The Morgan fingerprint density at radius 2 is 2.06 bits per heavy atom. The summed E-state index contributed by atoms with van der Waals surface area (Å²) in [7, 11) is 1.67. The lowest BCUT2D eigenvalue weighted by Crippen LogP contribution is -2.62. The van der Waals surface area contributed by atoms with Crippen molar-refractivity contribution in [2.45, 2.75) is 39.3 Å². The van der Waals surface area contributed by atoms with E-state index in [1.54, 1.807) is 7.11 Å². The molecule has 1 saturated carbocycles. The van der Waals surface area contributed by atoms with Crippen LogP contribution in [0.5, 0.6) is 11.5 Å². The average Bonchev–Trinajstić information content (AvgIpc) is 2.38. The minimum atomic E-state index is 0.180. The zero-order valence-electron chi connectivity index (χ0n) is 11.7. The molecule has 2 unspecified atom stereocenters. The van der Waals surface area contributed by atoms with Gasteiger partial charge in [-0.05, 0) is 18.7 Å². The van der Waals surface area contributed by atoms with E-state index >= 15 is 0 Å². The van der Waals surface area contributed by atoms with Crippen LogP contribution in [0.1, 0.15) is 27.2 Å². The molecule has 100 valence electrons. The molecule has 0 aliphatic heterocycles. The molecule has 0 spiro atoms. The summed E-state index contributed by atoms with van der Waals surface area (Å²) in [4.78, 5) is 0. The predicted octanol–water partition coefficient (Wildman–Crippen LogP) is 2.85. The van der Waals surface area contributed by atoms with Gasteiger partial charge in [-0.2, -0.15) is 0 Å². The summed E-state index contributed by atoms with van der Waals surface area (Å²) in [5.41, 5.74) is 0.180. The molecule has 2 atom stereocenters. The first-order chi connectivity index (χ1) is 8.57. The molecule has 1 aromatic rings. The van der Waals surface area contributed by atoms with Gasteiger partial charge in [0.15, 0.2) is 0 Å². The molecule has 0 aromatic heterocycles. The highest BCUT2D eigenvalue weighted by atomic mass is 16.5. The molecule has 2 rings (SSSR count). The Morgan fingerprint density at radius 3 is 2.67 bits per heavy atom. The maximum absolute atomic E-state index is 6.06. The van der Waals surface area contributed by atoms with Crippen molar-refractivity contribution in [1.82, 2.24) is 5.32 Å². The minimum Gasteiger partial charge on any atom is -0.497 e. The van der Waals surface area contributed by atoms with Crippen molar-refractivity contribution >= 4 is 0 Å². The number of nitrogens with one attached hydrogen (secondary N) is 1. The van der Waals surface area contributed by atoms with Crippen LogP contribution in [-0.4, -0.2) is 25.8 Å². The number of hydrogen-bond acceptors (Lipinski definition) is 3. The van der Waals surface area contributed by atoms with Crippen LogP contribution >= 0.6 is 0 Å². The van der Waals surface area contributed by atoms with Gasteiger partial charge in [-0.25, -0.2) is 0 Å². The number of ether oxygens (including phenoxy) is 2. The third kappa shape index (κ3) is 2.46. The van der Waals surface area contributed by atoms with Crippen LogP contribution in [0.15, 0.2) is 24.3 Å². The first kappa shape index (κ1) is 13.2. The third-order valence-corrected chi connectivity index (χ3v) is 3.95. The quantitative estimate of drug-likeness (QED) is 0.870. The highest BCUT2D eigenvalue weighted by molar-refractivity contribution is 5.33. The topological polar surface area (TPSA) is 30.5 Å². The van der Waals surface area contributed by atoms with E-state index in [4.69, 9.17) is 9.47 Å². The number of benzene rings is 1. The largest absolute Gasteiger partial charge is 0.497 e. The fraction of sp³-hybridized carbons (Fsp3) is 0.600. The Labute approximate surface area is 109 Å². The van der Waals surface area contributed by atoms with E-state index in [1.807, 2.05) is 24.3 Å². The second-order valence-corrected chi connectivity index (χ2v) is 5.45. The predicted molar refractivity (Wildman–Crippen MR) is 73.3 cm³/mol. The molecule has 1 fully saturated rings. The van der Waals surface area contributed by atoms with Crippen LogP contribution in [-0.2, 0) is 0 Å². The summed E-state index contributed by atoms with van der Waals surface area (Å²) in [6, 6.07) is 8.37. The van der Waals surface area contributed by atoms with Crippen molar-refractivity contribution in [2.24, 2.45) is 5.41 Å². The van der Waals surface area contributed by atoms with Gasteiger partial charge in [-0.3, -0.25) is 0 Å². The van der Waals surface area contributed by atoms with E-state index in [9.17, 15) is 0 Å². The maximum Gasteiger partial charge on any atom is 0.123 e. The zero-order valence-corrected chi connectivity index (χ0v) is 11.7. The molecular weight excluding hydrogens is 226 g/mol. The summed E-state index contributed by atoms with van der Waals surface area (Å²) < 4.78 is 11.3. The van der Waals surface area contributed by atoms with Gasteiger partial charge in [-0.1, -0.05) is 26.8 Å². The van der Waals surface area contributed by atoms with Crippen LogP contribution in [0.3, 0.4) is 0 Å². The summed E-state index contributed by atoms with van der Waals surface area (Å²) in [6.45, 7) is 7.68. The summed E-state index contributed by atoms with van der Waals surface area (Å²) >= 11 is 0. The van der Waals surface area contributed by atoms with Gasteiger partial charge < -0.3 is 14.8 Å². The molecule has 1 N–H and O–H groups in total. The lowest BCUT2D eigenvalue weighted by Gasteiger charge is -2.51. The SMILES string of the molecule is CCNC1CC(Oc2cccc(OC)c2)C1(C)C. The summed E-state index contributed by atoms with van der Waals surface area (Å²) in [5.74, 6) is 1.73. The smallest absolute Gasteiger partial charge is 0.123 e. The van der Waals surface area contributed by atoms with Gasteiger partial charge in [0.05, 0.1) is 7.11 Å². The molecule has 1 aromatic carbocycles. The molecule has 0 saturated heterocycles. The van der Waals surface area contributed by atoms with Crippen LogP contribution in [0.4, 0.5) is 0 Å². The first-order valence-corrected chi connectivity index (χ1v) is 6.62. The molecule has 3 nitrogen and oxygen atoms in total. The van der Waals surface area contributed by atoms with Crippen molar-refractivity contribution < 1.29 is 9.47 Å². The third-order valence-electron chi connectivity index (χ3n) is 3.95. The molecule has 0 amide bonds. The summed E-state index contributed by atoms with van der Waals surface area (Å²) in [6.07, 6.45) is 1.34. The van der Waals surface area contributed by atoms with Gasteiger partial charge in [0.1, 0.15) is 17.6 Å². The van der Waals surface area contributed by atoms with E-state index in [0.717, 1.165) is 24.5 Å². The van der Waals surface area contributed by atoms with E-state index in [-0.39, 0.29) is 11.5 Å². The lowest BCUT2D eigenvalue weighted by atomic mass is 9.64. The second kappa shape index (κ2) is 5.19. The number of hydrogen-bond donors (Lipinski definition) is 1. The van der Waals surface area contributed by atoms with Gasteiger partial charge in [0.2, 0.25) is 0 Å². The Kier molecular flexibility index (Phi) is 3.81. The normalized spacial score (nSPS) is 25.3. The molecule has 0 bridgehead atoms. The van der Waals surface area contributed by atoms with E-state index < -0.39 is 0 Å². The highest BCUT2D eigenvalue weighted by Crippen LogP contribution is 2.43. The first-order valence-electron chi connectivity index (χ1n) is 6.62. The second-order valence-electron chi connectivity index (χ2n) is 5.45. The fourth-order valence-electron chi connectivity index (χ4n) is 2.52. The van der Waals surface area contributed by atoms with E-state index in [0.29, 0.717) is 6.04 Å². The number of rotatable bonds is 5. The van der Waals surface area contributed by atoms with Crippen molar-refractivity contribution in [3.63, 3.8) is 0 Å². The maximum atomic E-state index is 6.06. The van der Waals surface area contributed by atoms with Crippen LogP contribution in [0.2, 0.25) is 0 Å². The standard InChI is InChI=1S/C15H23NO2/c1-5-16-13-10-14(15(13,2)3)18-12-8-6-7-11(9-12)17-4/h6-9,13-14,16H,5,10H2,1-4H3. The zero-order chi connectivity index (χ0) is 13.2. The highest BCUT2D eigenvalue weighted by Gasteiger charge is 2.49. The van der Waals surface area contributed by atoms with E-state index in [2.05, 4.69) is 26.1 Å². The van der Waals surface area contributed by atoms with Gasteiger partial charge >= 0.3 is 0 Å². The van der Waals surface area contributed by atoms with Crippen molar-refractivity contribution in [2.75, 3.05) is 13.7 Å².